The van der Waals surface area contributed by atoms with Gasteiger partial charge in [-0.3, -0.25) is 4.79 Å². The van der Waals surface area contributed by atoms with Crippen molar-refractivity contribution in [3.63, 3.8) is 0 Å². The van der Waals surface area contributed by atoms with E-state index in [1.54, 1.807) is 6.92 Å². The number of ether oxygens (including phenoxy) is 1. The van der Waals surface area contributed by atoms with E-state index >= 15 is 0 Å². The smallest absolute Gasteiger partial charge is 0.302 e. The van der Waals surface area contributed by atoms with Crippen LogP contribution in [0.15, 0.2) is 0 Å². The molecule has 0 aromatic carbocycles. The normalized spacial score (nSPS) is 13.2. The fourth-order valence-electron chi connectivity index (χ4n) is 5.17. The SMILES string of the molecule is CCCCCCCCCC[C@H](C)CCCCCCCCCCCC[C@H](CCCCC)OC(C)=O. The maximum Gasteiger partial charge on any atom is 0.302 e. The van der Waals surface area contributed by atoms with Crippen molar-refractivity contribution in [3.05, 3.63) is 0 Å². The highest BCUT2D eigenvalue weighted by Crippen LogP contribution is 2.20. The zero-order chi connectivity index (χ0) is 25.1. The lowest BCUT2D eigenvalue weighted by atomic mass is 9.95. The Labute approximate surface area is 215 Å². The maximum atomic E-state index is 11.3. The predicted molar refractivity (Wildman–Crippen MR) is 151 cm³/mol. The first-order chi connectivity index (χ1) is 16.6. The average molecular weight is 481 g/mol. The van der Waals surface area contributed by atoms with Crippen molar-refractivity contribution in [2.24, 2.45) is 5.92 Å². The van der Waals surface area contributed by atoms with E-state index in [9.17, 15) is 4.79 Å². The molecule has 0 spiro atoms. The van der Waals surface area contributed by atoms with Crippen LogP contribution in [0.2, 0.25) is 0 Å². The van der Waals surface area contributed by atoms with Crippen molar-refractivity contribution in [2.45, 2.75) is 194 Å². The molecule has 2 heteroatoms. The van der Waals surface area contributed by atoms with Crippen LogP contribution in [0.1, 0.15) is 188 Å². The van der Waals surface area contributed by atoms with E-state index in [2.05, 4.69) is 20.8 Å². The minimum absolute atomic E-state index is 0.112. The Hall–Kier alpha value is -0.530. The lowest BCUT2D eigenvalue weighted by Crippen LogP contribution is -2.16. The van der Waals surface area contributed by atoms with Crippen molar-refractivity contribution < 1.29 is 9.53 Å². The highest BCUT2D eigenvalue weighted by molar-refractivity contribution is 5.66. The summed E-state index contributed by atoms with van der Waals surface area (Å²) in [5.74, 6) is 0.826. The molecule has 0 bridgehead atoms. The number of rotatable bonds is 27. The topological polar surface area (TPSA) is 26.3 Å². The second-order valence-corrected chi connectivity index (χ2v) is 11.2. The van der Waals surface area contributed by atoms with E-state index in [4.69, 9.17) is 4.74 Å². The summed E-state index contributed by atoms with van der Waals surface area (Å²) in [6.07, 6.45) is 34.2. The van der Waals surface area contributed by atoms with Gasteiger partial charge in [0.25, 0.3) is 0 Å². The first-order valence-corrected chi connectivity index (χ1v) is 15.8. The molecule has 2 atom stereocenters. The first-order valence-electron chi connectivity index (χ1n) is 15.8. The molecule has 0 aromatic rings. The number of hydrogen-bond acceptors (Lipinski definition) is 2. The molecule has 0 rings (SSSR count). The lowest BCUT2D eigenvalue weighted by Gasteiger charge is -2.16. The summed E-state index contributed by atoms with van der Waals surface area (Å²) < 4.78 is 5.51. The van der Waals surface area contributed by atoms with Crippen molar-refractivity contribution in [1.82, 2.24) is 0 Å². The quantitative estimate of drug-likeness (QED) is 0.0862. The van der Waals surface area contributed by atoms with Crippen LogP contribution in [-0.4, -0.2) is 12.1 Å². The Morgan fingerprint density at radius 3 is 1.18 bits per heavy atom. The number of hydrogen-bond donors (Lipinski definition) is 0. The maximum absolute atomic E-state index is 11.3. The molecule has 2 nitrogen and oxygen atoms in total. The third kappa shape index (κ3) is 26.1. The summed E-state index contributed by atoms with van der Waals surface area (Å²) in [6.45, 7) is 8.54. The molecular formula is C32H64O2. The number of carbonyl (C=O) groups is 1. The van der Waals surface area contributed by atoms with Crippen LogP contribution < -0.4 is 0 Å². The molecule has 0 aliphatic heterocycles. The molecule has 34 heavy (non-hydrogen) atoms. The largest absolute Gasteiger partial charge is 0.463 e. The summed E-state index contributed by atoms with van der Waals surface area (Å²) in [6, 6.07) is 0. The monoisotopic (exact) mass is 480 g/mol. The molecule has 0 radical (unpaired) electrons. The zero-order valence-corrected chi connectivity index (χ0v) is 24.1. The van der Waals surface area contributed by atoms with Crippen molar-refractivity contribution >= 4 is 5.97 Å². The van der Waals surface area contributed by atoms with Crippen LogP contribution in [0, 0.1) is 5.92 Å². The average Bonchev–Trinajstić information content (AvgIpc) is 2.81. The second kappa shape index (κ2) is 27.1. The Balaban J connectivity index is 3.38. The van der Waals surface area contributed by atoms with Gasteiger partial charge in [-0.2, -0.15) is 0 Å². The molecule has 0 aliphatic rings. The fourth-order valence-corrected chi connectivity index (χ4v) is 5.17. The molecule has 0 aliphatic carbocycles. The molecule has 0 fully saturated rings. The molecule has 0 saturated carbocycles. The van der Waals surface area contributed by atoms with Crippen LogP contribution in [-0.2, 0) is 9.53 Å². The van der Waals surface area contributed by atoms with Crippen molar-refractivity contribution in [1.29, 1.82) is 0 Å². The summed E-state index contributed by atoms with van der Waals surface area (Å²) in [5.41, 5.74) is 0. The molecule has 0 amide bonds. The van der Waals surface area contributed by atoms with Gasteiger partial charge in [0, 0.05) is 6.92 Å². The summed E-state index contributed by atoms with van der Waals surface area (Å²) >= 11 is 0. The van der Waals surface area contributed by atoms with Gasteiger partial charge in [-0.15, -0.1) is 0 Å². The van der Waals surface area contributed by atoms with Gasteiger partial charge in [-0.05, 0) is 31.6 Å². The minimum atomic E-state index is -0.112. The summed E-state index contributed by atoms with van der Waals surface area (Å²) in [5, 5.41) is 0. The third-order valence-corrected chi connectivity index (χ3v) is 7.49. The Morgan fingerprint density at radius 2 is 0.794 bits per heavy atom. The highest BCUT2D eigenvalue weighted by atomic mass is 16.5. The zero-order valence-electron chi connectivity index (χ0n) is 24.1. The molecule has 0 aromatic heterocycles. The number of unbranched alkanes of at least 4 members (excludes halogenated alkanes) is 18. The van der Waals surface area contributed by atoms with Gasteiger partial charge in [-0.1, -0.05) is 156 Å². The van der Waals surface area contributed by atoms with E-state index in [0.717, 1.165) is 18.8 Å². The van der Waals surface area contributed by atoms with Crippen LogP contribution in [0.5, 0.6) is 0 Å². The minimum Gasteiger partial charge on any atom is -0.463 e. The van der Waals surface area contributed by atoms with Gasteiger partial charge in [-0.25, -0.2) is 0 Å². The van der Waals surface area contributed by atoms with Crippen LogP contribution in [0.3, 0.4) is 0 Å². The van der Waals surface area contributed by atoms with Crippen LogP contribution in [0.4, 0.5) is 0 Å². The van der Waals surface area contributed by atoms with Crippen LogP contribution in [0.25, 0.3) is 0 Å². The van der Waals surface area contributed by atoms with Crippen molar-refractivity contribution in [3.8, 4) is 0 Å². The number of carbonyl (C=O) groups excluding carboxylic acids is 1. The van der Waals surface area contributed by atoms with E-state index in [-0.39, 0.29) is 12.1 Å². The molecule has 0 unspecified atom stereocenters. The third-order valence-electron chi connectivity index (χ3n) is 7.49. The Morgan fingerprint density at radius 1 is 0.500 bits per heavy atom. The van der Waals surface area contributed by atoms with Gasteiger partial charge >= 0.3 is 5.97 Å². The Bertz CT molecular complexity index is 406. The molecular weight excluding hydrogens is 416 g/mol. The molecule has 0 heterocycles. The summed E-state index contributed by atoms with van der Waals surface area (Å²) in [4.78, 5) is 11.3. The molecule has 0 saturated heterocycles. The molecule has 0 N–H and O–H groups in total. The standard InChI is InChI=1S/C32H64O2/c1-5-7-9-10-11-16-19-23-26-30(3)27-24-20-17-14-12-13-15-18-21-25-29-32(34-31(4)33)28-22-8-6-2/h30,32H,5-29H2,1-4H3/t30-,32-/m0/s1. The fraction of sp³-hybridized carbons (Fsp3) is 0.969. The van der Waals surface area contributed by atoms with E-state index in [1.807, 2.05) is 0 Å². The van der Waals surface area contributed by atoms with Gasteiger partial charge < -0.3 is 4.74 Å². The first kappa shape index (κ1) is 33.5. The highest BCUT2D eigenvalue weighted by Gasteiger charge is 2.11. The van der Waals surface area contributed by atoms with Crippen molar-refractivity contribution in [2.75, 3.05) is 0 Å². The summed E-state index contributed by atoms with van der Waals surface area (Å²) in [7, 11) is 0. The van der Waals surface area contributed by atoms with E-state index < -0.39 is 0 Å². The van der Waals surface area contributed by atoms with Gasteiger partial charge in [0.2, 0.25) is 0 Å². The Kier molecular flexibility index (Phi) is 26.6. The molecule has 204 valence electrons. The van der Waals surface area contributed by atoms with Gasteiger partial charge in [0.05, 0.1) is 0 Å². The second-order valence-electron chi connectivity index (χ2n) is 11.2. The predicted octanol–water partition coefficient (Wildman–Crippen LogP) is 11.3. The van der Waals surface area contributed by atoms with E-state index in [0.29, 0.717) is 0 Å². The lowest BCUT2D eigenvalue weighted by molar-refractivity contribution is -0.147. The van der Waals surface area contributed by atoms with Crippen LogP contribution >= 0.6 is 0 Å². The van der Waals surface area contributed by atoms with Gasteiger partial charge in [0.1, 0.15) is 6.10 Å². The van der Waals surface area contributed by atoms with E-state index in [1.165, 1.54) is 148 Å². The number of esters is 1. The van der Waals surface area contributed by atoms with Gasteiger partial charge in [0.15, 0.2) is 0 Å².